The van der Waals surface area contributed by atoms with E-state index in [0.29, 0.717) is 13.0 Å². The van der Waals surface area contributed by atoms with Crippen molar-refractivity contribution < 1.29 is 14.3 Å². The fourth-order valence-electron chi connectivity index (χ4n) is 2.84. The first-order chi connectivity index (χ1) is 9.70. The number of methoxy groups -OCH3 is 1. The minimum Gasteiger partial charge on any atom is -0.464 e. The van der Waals surface area contributed by atoms with Gasteiger partial charge in [-0.05, 0) is 38.3 Å². The number of carbonyl (C=O) groups excluding carboxylic acids is 1. The predicted octanol–water partition coefficient (Wildman–Crippen LogP) is 2.99. The Labute approximate surface area is 120 Å². The molecule has 1 saturated carbocycles. The molecular weight excluding hydrogens is 254 g/mol. The molecule has 20 heavy (non-hydrogen) atoms. The van der Waals surface area contributed by atoms with Crippen molar-refractivity contribution in [2.75, 3.05) is 19.0 Å². The van der Waals surface area contributed by atoms with Crippen molar-refractivity contribution in [3.63, 3.8) is 0 Å². The quantitative estimate of drug-likeness (QED) is 0.841. The van der Waals surface area contributed by atoms with E-state index in [0.717, 1.165) is 24.9 Å². The molecule has 0 bridgehead atoms. The largest absolute Gasteiger partial charge is 0.464 e. The molecule has 1 aromatic rings. The highest BCUT2D eigenvalue weighted by Gasteiger charge is 2.44. The van der Waals surface area contributed by atoms with Gasteiger partial charge < -0.3 is 14.8 Å². The summed E-state index contributed by atoms with van der Waals surface area (Å²) in [6, 6.07) is 9.81. The summed E-state index contributed by atoms with van der Waals surface area (Å²) < 4.78 is 10.8. The first-order valence-corrected chi connectivity index (χ1v) is 7.23. The van der Waals surface area contributed by atoms with Crippen molar-refractivity contribution in [2.24, 2.45) is 0 Å². The topological polar surface area (TPSA) is 47.6 Å². The van der Waals surface area contributed by atoms with Gasteiger partial charge in [0.15, 0.2) is 0 Å². The van der Waals surface area contributed by atoms with Gasteiger partial charge in [-0.3, -0.25) is 0 Å². The van der Waals surface area contributed by atoms with Crippen molar-refractivity contribution in [3.8, 4) is 0 Å². The number of anilines is 1. The van der Waals surface area contributed by atoms with Gasteiger partial charge >= 0.3 is 5.97 Å². The van der Waals surface area contributed by atoms with Gasteiger partial charge in [0.1, 0.15) is 5.54 Å². The third kappa shape index (κ3) is 3.31. The number of hydrogen-bond acceptors (Lipinski definition) is 4. The Morgan fingerprint density at radius 1 is 1.40 bits per heavy atom. The van der Waals surface area contributed by atoms with Crippen LogP contribution < -0.4 is 5.32 Å². The van der Waals surface area contributed by atoms with E-state index in [2.05, 4.69) is 5.32 Å². The van der Waals surface area contributed by atoms with E-state index in [1.54, 1.807) is 7.11 Å². The average molecular weight is 277 g/mol. The highest BCUT2D eigenvalue weighted by Crippen LogP contribution is 2.34. The predicted molar refractivity (Wildman–Crippen MR) is 78.7 cm³/mol. The maximum absolute atomic E-state index is 12.4. The minimum atomic E-state index is -0.670. The second kappa shape index (κ2) is 6.75. The Kier molecular flexibility index (Phi) is 5.01. The van der Waals surface area contributed by atoms with Crippen LogP contribution in [0.2, 0.25) is 0 Å². The molecule has 2 unspecified atom stereocenters. The van der Waals surface area contributed by atoms with Crippen molar-refractivity contribution in [2.45, 2.75) is 44.2 Å². The van der Waals surface area contributed by atoms with Gasteiger partial charge in [-0.2, -0.15) is 0 Å². The molecule has 0 radical (unpaired) electrons. The summed E-state index contributed by atoms with van der Waals surface area (Å²) in [5.41, 5.74) is 0.272. The number of carbonyl (C=O) groups is 1. The lowest BCUT2D eigenvalue weighted by molar-refractivity contribution is -0.151. The van der Waals surface area contributed by atoms with Gasteiger partial charge in [0.25, 0.3) is 0 Å². The van der Waals surface area contributed by atoms with Crippen LogP contribution >= 0.6 is 0 Å². The molecule has 0 aliphatic heterocycles. The summed E-state index contributed by atoms with van der Waals surface area (Å²) in [6.07, 6.45) is 3.48. The lowest BCUT2D eigenvalue weighted by Crippen LogP contribution is -2.52. The Morgan fingerprint density at radius 3 is 2.80 bits per heavy atom. The van der Waals surface area contributed by atoms with Crippen LogP contribution in [0.5, 0.6) is 0 Å². The van der Waals surface area contributed by atoms with Crippen LogP contribution in [0.1, 0.15) is 32.6 Å². The number of hydrogen-bond donors (Lipinski definition) is 1. The van der Waals surface area contributed by atoms with E-state index in [9.17, 15) is 4.79 Å². The third-order valence-corrected chi connectivity index (χ3v) is 3.86. The lowest BCUT2D eigenvalue weighted by atomic mass is 9.79. The molecule has 4 nitrogen and oxygen atoms in total. The molecule has 2 rings (SSSR count). The molecule has 1 aliphatic rings. The van der Waals surface area contributed by atoms with E-state index in [4.69, 9.17) is 9.47 Å². The first kappa shape index (κ1) is 14.9. The Bertz CT molecular complexity index is 435. The van der Waals surface area contributed by atoms with Crippen molar-refractivity contribution in [3.05, 3.63) is 30.3 Å². The van der Waals surface area contributed by atoms with Crippen molar-refractivity contribution in [1.29, 1.82) is 0 Å². The maximum atomic E-state index is 12.4. The fourth-order valence-corrected chi connectivity index (χ4v) is 2.84. The summed E-state index contributed by atoms with van der Waals surface area (Å²) in [4.78, 5) is 12.4. The highest BCUT2D eigenvalue weighted by atomic mass is 16.5. The number of ether oxygens (including phenoxy) is 2. The van der Waals surface area contributed by atoms with E-state index in [-0.39, 0.29) is 12.1 Å². The Hall–Kier alpha value is -1.55. The fraction of sp³-hybridized carbons (Fsp3) is 0.562. The average Bonchev–Trinajstić information content (AvgIpc) is 2.48. The van der Waals surface area contributed by atoms with Gasteiger partial charge in [-0.1, -0.05) is 18.2 Å². The smallest absolute Gasteiger partial charge is 0.331 e. The van der Waals surface area contributed by atoms with Gasteiger partial charge in [0.2, 0.25) is 0 Å². The molecule has 0 spiro atoms. The molecule has 0 saturated heterocycles. The van der Waals surface area contributed by atoms with Gasteiger partial charge in [-0.15, -0.1) is 0 Å². The van der Waals surface area contributed by atoms with Crippen LogP contribution in [0.4, 0.5) is 5.69 Å². The number of rotatable bonds is 5. The molecule has 1 N–H and O–H groups in total. The molecule has 0 amide bonds. The number of benzene rings is 1. The first-order valence-electron chi connectivity index (χ1n) is 7.23. The molecule has 1 aliphatic carbocycles. The maximum Gasteiger partial charge on any atom is 0.331 e. The van der Waals surface area contributed by atoms with E-state index in [1.807, 2.05) is 37.3 Å². The van der Waals surface area contributed by atoms with Gasteiger partial charge in [0.05, 0.1) is 12.7 Å². The van der Waals surface area contributed by atoms with Gasteiger partial charge in [-0.25, -0.2) is 4.79 Å². The lowest BCUT2D eigenvalue weighted by Gasteiger charge is -2.39. The van der Waals surface area contributed by atoms with Crippen LogP contribution in [0.15, 0.2) is 30.3 Å². The molecule has 2 atom stereocenters. The van der Waals surface area contributed by atoms with E-state index >= 15 is 0 Å². The van der Waals surface area contributed by atoms with Crippen molar-refractivity contribution >= 4 is 11.7 Å². The van der Waals surface area contributed by atoms with Crippen LogP contribution in [0, 0.1) is 0 Å². The summed E-state index contributed by atoms with van der Waals surface area (Å²) in [5, 5.41) is 3.39. The summed E-state index contributed by atoms with van der Waals surface area (Å²) in [7, 11) is 1.70. The third-order valence-electron chi connectivity index (χ3n) is 3.86. The highest BCUT2D eigenvalue weighted by molar-refractivity contribution is 5.84. The van der Waals surface area contributed by atoms with Gasteiger partial charge in [0, 0.05) is 19.2 Å². The Morgan fingerprint density at radius 2 is 2.15 bits per heavy atom. The normalized spacial score (nSPS) is 26.0. The Balaban J connectivity index is 2.21. The number of para-hydroxylation sites is 1. The summed E-state index contributed by atoms with van der Waals surface area (Å²) in [5.74, 6) is -0.175. The number of esters is 1. The summed E-state index contributed by atoms with van der Waals surface area (Å²) >= 11 is 0. The molecule has 1 fully saturated rings. The van der Waals surface area contributed by atoms with Crippen LogP contribution in [0.25, 0.3) is 0 Å². The second-order valence-electron chi connectivity index (χ2n) is 5.25. The van der Waals surface area contributed by atoms with Crippen LogP contribution in [-0.2, 0) is 14.3 Å². The molecule has 0 heterocycles. The zero-order chi connectivity index (χ0) is 14.4. The second-order valence-corrected chi connectivity index (χ2v) is 5.25. The molecule has 110 valence electrons. The zero-order valence-electron chi connectivity index (χ0n) is 12.2. The molecule has 1 aromatic carbocycles. The minimum absolute atomic E-state index is 0.101. The molecular formula is C16H23NO3. The molecule has 4 heteroatoms. The van der Waals surface area contributed by atoms with Crippen LogP contribution in [-0.4, -0.2) is 31.3 Å². The monoisotopic (exact) mass is 277 g/mol. The van der Waals surface area contributed by atoms with E-state index in [1.165, 1.54) is 0 Å². The molecule has 0 aromatic heterocycles. The SMILES string of the molecule is CCOC(=O)C1(Nc2ccccc2)CCCC(OC)C1. The standard InChI is InChI=1S/C16H23NO3/c1-3-20-15(18)16(11-7-10-14(12-16)19-2)17-13-8-5-4-6-9-13/h4-6,8-9,14,17H,3,7,10-12H2,1-2H3. The zero-order valence-corrected chi connectivity index (χ0v) is 12.2. The summed E-state index contributed by atoms with van der Waals surface area (Å²) in [6.45, 7) is 2.24. The van der Waals surface area contributed by atoms with E-state index < -0.39 is 5.54 Å². The number of nitrogens with one attached hydrogen (secondary N) is 1. The van der Waals surface area contributed by atoms with Crippen molar-refractivity contribution in [1.82, 2.24) is 0 Å². The van der Waals surface area contributed by atoms with Crippen LogP contribution in [0.3, 0.4) is 0 Å².